The topological polar surface area (TPSA) is 68.6 Å². The van der Waals surface area contributed by atoms with E-state index in [1.54, 1.807) is 6.92 Å². The molecule has 1 unspecified atom stereocenters. The number of ether oxygens (including phenoxy) is 1. The molecule has 0 aliphatic carbocycles. The molecule has 19 heavy (non-hydrogen) atoms. The molecule has 1 aromatic rings. The van der Waals surface area contributed by atoms with Gasteiger partial charge in [-0.3, -0.25) is 0 Å². The average molecular weight is 272 g/mol. The number of epoxide rings is 1. The highest BCUT2D eigenvalue weighted by Crippen LogP contribution is 2.35. The molecule has 0 saturated carbocycles. The zero-order valence-electron chi connectivity index (χ0n) is 9.95. The second-order valence-electron chi connectivity index (χ2n) is 4.52. The molecule has 0 spiro atoms. The molecule has 102 valence electrons. The van der Waals surface area contributed by atoms with Gasteiger partial charge in [0.15, 0.2) is 6.23 Å². The minimum atomic E-state index is -4.62. The number of alkyl halides is 3. The number of anilines is 1. The predicted molar refractivity (Wildman–Crippen MR) is 60.1 cm³/mol. The number of benzene rings is 1. The molecule has 2 N–H and O–H groups in total. The van der Waals surface area contributed by atoms with E-state index in [4.69, 9.17) is 10.00 Å². The Kier molecular flexibility index (Phi) is 3.16. The third-order valence-electron chi connectivity index (χ3n) is 2.93. The zero-order valence-corrected chi connectivity index (χ0v) is 9.95. The molecule has 0 aromatic heterocycles. The molecular weight excluding hydrogens is 261 g/mol. The standard InChI is InChI=1S/C12H11F3N2O2/c1-11(6-19-11)10(18)17-8-3-2-7(5-16)9(4-8)12(13,14)15/h2-4,10,17-18H,6H2,1H3/t10?,11-/m0/s1. The summed E-state index contributed by atoms with van der Waals surface area (Å²) < 4.78 is 43.2. The fourth-order valence-corrected chi connectivity index (χ4v) is 1.55. The molecule has 2 rings (SSSR count). The van der Waals surface area contributed by atoms with Gasteiger partial charge in [-0.1, -0.05) is 0 Å². The smallest absolute Gasteiger partial charge is 0.371 e. The fourth-order valence-electron chi connectivity index (χ4n) is 1.55. The lowest BCUT2D eigenvalue weighted by molar-refractivity contribution is -0.137. The molecule has 0 amide bonds. The Morgan fingerprint density at radius 3 is 2.63 bits per heavy atom. The Hall–Kier alpha value is -1.78. The number of aliphatic hydroxyl groups is 1. The number of nitrogens with zero attached hydrogens (tertiary/aromatic N) is 1. The summed E-state index contributed by atoms with van der Waals surface area (Å²) in [7, 11) is 0. The first-order valence-corrected chi connectivity index (χ1v) is 5.46. The van der Waals surface area contributed by atoms with Crippen molar-refractivity contribution in [1.29, 1.82) is 5.26 Å². The maximum Gasteiger partial charge on any atom is 0.417 e. The van der Waals surface area contributed by atoms with E-state index in [1.165, 1.54) is 12.1 Å². The van der Waals surface area contributed by atoms with Gasteiger partial charge in [0.2, 0.25) is 0 Å². The molecule has 1 aliphatic rings. The molecule has 1 aliphatic heterocycles. The van der Waals surface area contributed by atoms with E-state index < -0.39 is 29.1 Å². The molecule has 4 nitrogen and oxygen atoms in total. The summed E-state index contributed by atoms with van der Waals surface area (Å²) in [5, 5.41) is 20.9. The lowest BCUT2D eigenvalue weighted by Gasteiger charge is -2.19. The van der Waals surface area contributed by atoms with Crippen molar-refractivity contribution in [3.63, 3.8) is 0 Å². The van der Waals surface area contributed by atoms with Crippen LogP contribution < -0.4 is 5.32 Å². The Bertz CT molecular complexity index is 533. The van der Waals surface area contributed by atoms with Crippen molar-refractivity contribution < 1.29 is 23.0 Å². The molecule has 0 bridgehead atoms. The Morgan fingerprint density at radius 1 is 1.53 bits per heavy atom. The van der Waals surface area contributed by atoms with Crippen molar-refractivity contribution in [2.75, 3.05) is 11.9 Å². The first kappa shape index (κ1) is 13.6. The molecule has 1 fully saturated rings. The van der Waals surface area contributed by atoms with Gasteiger partial charge in [-0.2, -0.15) is 18.4 Å². The molecule has 1 aromatic carbocycles. The first-order chi connectivity index (χ1) is 8.76. The van der Waals surface area contributed by atoms with Gasteiger partial charge in [0.05, 0.1) is 23.8 Å². The van der Waals surface area contributed by atoms with Crippen LogP contribution in [0.3, 0.4) is 0 Å². The third kappa shape index (κ3) is 2.80. The molecule has 1 saturated heterocycles. The van der Waals surface area contributed by atoms with Crippen LogP contribution in [0.2, 0.25) is 0 Å². The van der Waals surface area contributed by atoms with Gasteiger partial charge in [-0.05, 0) is 25.1 Å². The highest BCUT2D eigenvalue weighted by atomic mass is 19.4. The van der Waals surface area contributed by atoms with Crippen molar-refractivity contribution in [2.45, 2.75) is 24.9 Å². The van der Waals surface area contributed by atoms with Gasteiger partial charge in [0.25, 0.3) is 0 Å². The summed E-state index contributed by atoms with van der Waals surface area (Å²) in [5.74, 6) is 0. The molecule has 2 atom stereocenters. The lowest BCUT2D eigenvalue weighted by Crippen LogP contribution is -2.34. The van der Waals surface area contributed by atoms with Gasteiger partial charge in [0.1, 0.15) is 5.60 Å². The van der Waals surface area contributed by atoms with Crippen molar-refractivity contribution in [2.24, 2.45) is 0 Å². The first-order valence-electron chi connectivity index (χ1n) is 5.46. The van der Waals surface area contributed by atoms with Crippen molar-refractivity contribution in [3.05, 3.63) is 29.3 Å². The highest BCUT2D eigenvalue weighted by molar-refractivity contribution is 5.53. The minimum absolute atomic E-state index is 0.0792. The molecule has 0 radical (unpaired) electrons. The summed E-state index contributed by atoms with van der Waals surface area (Å²) in [5.41, 5.74) is -2.18. The van der Waals surface area contributed by atoms with Crippen LogP contribution in [-0.2, 0) is 10.9 Å². The summed E-state index contributed by atoms with van der Waals surface area (Å²) in [6, 6.07) is 4.66. The third-order valence-corrected chi connectivity index (χ3v) is 2.93. The van der Waals surface area contributed by atoms with Crippen LogP contribution in [0.15, 0.2) is 18.2 Å². The van der Waals surface area contributed by atoms with Crippen LogP contribution in [0.4, 0.5) is 18.9 Å². The van der Waals surface area contributed by atoms with E-state index in [1.807, 2.05) is 0 Å². The largest absolute Gasteiger partial charge is 0.417 e. The maximum absolute atomic E-state index is 12.7. The number of hydrogen-bond acceptors (Lipinski definition) is 4. The van der Waals surface area contributed by atoms with Gasteiger partial charge in [-0.15, -0.1) is 0 Å². The van der Waals surface area contributed by atoms with E-state index in [0.717, 1.165) is 12.1 Å². The van der Waals surface area contributed by atoms with E-state index >= 15 is 0 Å². The SMILES string of the molecule is C[C@@]1(C(O)Nc2ccc(C#N)c(C(F)(F)F)c2)CO1. The van der Waals surface area contributed by atoms with E-state index in [0.29, 0.717) is 6.61 Å². The Morgan fingerprint density at radius 2 is 2.16 bits per heavy atom. The van der Waals surface area contributed by atoms with Crippen molar-refractivity contribution in [3.8, 4) is 6.07 Å². The highest BCUT2D eigenvalue weighted by Gasteiger charge is 2.47. The molecular formula is C12H11F3N2O2. The fraction of sp³-hybridized carbons (Fsp3) is 0.417. The Labute approximate surface area is 107 Å². The number of halogens is 3. The predicted octanol–water partition coefficient (Wildman–Crippen LogP) is 2.10. The van der Waals surface area contributed by atoms with Gasteiger partial charge >= 0.3 is 6.18 Å². The lowest BCUT2D eigenvalue weighted by atomic mass is 10.1. The normalized spacial score (nSPS) is 23.6. The summed E-state index contributed by atoms with van der Waals surface area (Å²) >= 11 is 0. The van der Waals surface area contributed by atoms with Crippen molar-refractivity contribution in [1.82, 2.24) is 0 Å². The van der Waals surface area contributed by atoms with Gasteiger partial charge < -0.3 is 15.2 Å². The summed E-state index contributed by atoms with van der Waals surface area (Å²) in [6.07, 6.45) is -5.73. The monoisotopic (exact) mass is 272 g/mol. The average Bonchev–Trinajstić information content (AvgIpc) is 3.07. The number of nitrogens with one attached hydrogen (secondary N) is 1. The number of aliphatic hydroxyl groups excluding tert-OH is 1. The summed E-state index contributed by atoms with van der Waals surface area (Å²) in [4.78, 5) is 0. The summed E-state index contributed by atoms with van der Waals surface area (Å²) in [6.45, 7) is 1.97. The number of nitriles is 1. The minimum Gasteiger partial charge on any atom is -0.371 e. The van der Waals surface area contributed by atoms with Gasteiger partial charge in [-0.25, -0.2) is 0 Å². The number of rotatable bonds is 3. The zero-order chi connectivity index (χ0) is 14.3. The maximum atomic E-state index is 12.7. The molecule has 7 heteroatoms. The van der Waals surface area contributed by atoms with E-state index in [9.17, 15) is 18.3 Å². The second kappa shape index (κ2) is 4.40. The second-order valence-corrected chi connectivity index (χ2v) is 4.52. The van der Waals surface area contributed by atoms with Crippen LogP contribution in [0.1, 0.15) is 18.1 Å². The quantitative estimate of drug-likeness (QED) is 0.653. The van der Waals surface area contributed by atoms with Crippen LogP contribution >= 0.6 is 0 Å². The number of hydrogen-bond donors (Lipinski definition) is 2. The van der Waals surface area contributed by atoms with Crippen LogP contribution in [0, 0.1) is 11.3 Å². The van der Waals surface area contributed by atoms with Gasteiger partial charge in [0, 0.05) is 5.69 Å². The van der Waals surface area contributed by atoms with Crippen LogP contribution in [-0.4, -0.2) is 23.5 Å². The van der Waals surface area contributed by atoms with E-state index in [2.05, 4.69) is 5.32 Å². The van der Waals surface area contributed by atoms with Crippen LogP contribution in [0.5, 0.6) is 0 Å². The van der Waals surface area contributed by atoms with E-state index in [-0.39, 0.29) is 5.69 Å². The molecule has 1 heterocycles. The van der Waals surface area contributed by atoms with Crippen molar-refractivity contribution >= 4 is 5.69 Å². The Balaban J connectivity index is 2.26. The van der Waals surface area contributed by atoms with Crippen LogP contribution in [0.25, 0.3) is 0 Å².